The molecule has 0 unspecified atom stereocenters. The van der Waals surface area contributed by atoms with Crippen molar-refractivity contribution in [3.05, 3.63) is 41.5 Å². The molecular formula is C11H8O6. The number of hydrogen-bond acceptors (Lipinski definition) is 4. The van der Waals surface area contributed by atoms with Gasteiger partial charge in [-0.3, -0.25) is 4.79 Å². The van der Waals surface area contributed by atoms with E-state index in [2.05, 4.69) is 0 Å². The van der Waals surface area contributed by atoms with Crippen LogP contribution in [0.4, 0.5) is 0 Å². The number of carbonyl (C=O) groups is 3. The Kier molecular flexibility index (Phi) is 3.61. The first-order valence-corrected chi connectivity index (χ1v) is 4.43. The molecule has 3 N–H and O–H groups in total. The molecule has 0 spiro atoms. The third kappa shape index (κ3) is 3.16. The fourth-order valence-electron chi connectivity index (χ4n) is 1.05. The third-order valence-corrected chi connectivity index (χ3v) is 1.91. The predicted octanol–water partition coefficient (Wildman–Crippen LogP) is 0.937. The quantitative estimate of drug-likeness (QED) is 0.407. The number of hydrogen-bond donors (Lipinski definition) is 3. The largest absolute Gasteiger partial charge is 0.507 e. The van der Waals surface area contributed by atoms with E-state index in [0.29, 0.717) is 6.08 Å². The molecular weight excluding hydrogens is 228 g/mol. The van der Waals surface area contributed by atoms with E-state index >= 15 is 0 Å². The summed E-state index contributed by atoms with van der Waals surface area (Å²) >= 11 is 0. The van der Waals surface area contributed by atoms with Crippen LogP contribution in [-0.2, 0) is 9.59 Å². The fourth-order valence-corrected chi connectivity index (χ4v) is 1.05. The average Bonchev–Trinajstić information content (AvgIpc) is 2.28. The number of aliphatic carboxylic acids is 1. The maximum Gasteiger partial charge on any atom is 0.376 e. The van der Waals surface area contributed by atoms with Crippen LogP contribution in [0.5, 0.6) is 0 Å². The first-order valence-electron chi connectivity index (χ1n) is 4.43. The van der Waals surface area contributed by atoms with E-state index in [1.54, 1.807) is 0 Å². The first-order chi connectivity index (χ1) is 7.91. The van der Waals surface area contributed by atoms with E-state index in [-0.39, 0.29) is 11.1 Å². The molecule has 17 heavy (non-hydrogen) atoms. The van der Waals surface area contributed by atoms with Gasteiger partial charge in [-0.2, -0.15) is 0 Å². The topological polar surface area (TPSA) is 112 Å². The fraction of sp³-hybridized carbons (Fsp3) is 0. The minimum absolute atomic E-state index is 0.0195. The molecule has 0 amide bonds. The highest BCUT2D eigenvalue weighted by atomic mass is 16.4. The van der Waals surface area contributed by atoms with Gasteiger partial charge in [0.15, 0.2) is 0 Å². The molecule has 0 aliphatic rings. The van der Waals surface area contributed by atoms with Gasteiger partial charge >= 0.3 is 11.9 Å². The number of carboxylic acid groups (broad SMARTS) is 2. The summed E-state index contributed by atoms with van der Waals surface area (Å²) in [7, 11) is 0. The lowest BCUT2D eigenvalue weighted by Gasteiger charge is -2.00. The molecule has 0 aromatic heterocycles. The van der Waals surface area contributed by atoms with Crippen molar-refractivity contribution in [3.8, 4) is 0 Å². The Bertz CT molecular complexity index is 497. The van der Waals surface area contributed by atoms with E-state index in [1.807, 2.05) is 0 Å². The summed E-state index contributed by atoms with van der Waals surface area (Å²) in [6, 6.07) is 4.99. The van der Waals surface area contributed by atoms with Crippen LogP contribution in [0.3, 0.4) is 0 Å². The Morgan fingerprint density at radius 1 is 0.882 bits per heavy atom. The predicted molar refractivity (Wildman–Crippen MR) is 56.6 cm³/mol. The Morgan fingerprint density at radius 3 is 1.76 bits per heavy atom. The van der Waals surface area contributed by atoms with E-state index in [9.17, 15) is 19.5 Å². The maximum absolute atomic E-state index is 10.8. The van der Waals surface area contributed by atoms with E-state index < -0.39 is 23.5 Å². The number of carboxylic acids is 2. The van der Waals surface area contributed by atoms with E-state index in [4.69, 9.17) is 10.2 Å². The second kappa shape index (κ2) is 4.93. The smallest absolute Gasteiger partial charge is 0.376 e. The minimum Gasteiger partial charge on any atom is -0.507 e. The lowest BCUT2D eigenvalue weighted by molar-refractivity contribution is -0.146. The molecule has 0 fully saturated rings. The number of carbonyl (C=O) groups excluding carboxylic acids is 1. The van der Waals surface area contributed by atoms with Crippen molar-refractivity contribution >= 4 is 23.5 Å². The number of benzene rings is 1. The highest BCUT2D eigenvalue weighted by molar-refractivity contribution is 6.38. The number of rotatable bonds is 4. The molecule has 0 aliphatic carbocycles. The molecule has 1 aromatic carbocycles. The van der Waals surface area contributed by atoms with Crippen molar-refractivity contribution < 1.29 is 29.7 Å². The molecule has 0 heterocycles. The Hall–Kier alpha value is -2.63. The molecule has 6 nitrogen and oxygen atoms in total. The number of ketones is 1. The van der Waals surface area contributed by atoms with Gasteiger partial charge in [0.05, 0.1) is 5.56 Å². The number of aliphatic hydroxyl groups excluding tert-OH is 1. The second-order valence-corrected chi connectivity index (χ2v) is 3.08. The van der Waals surface area contributed by atoms with E-state index in [1.165, 1.54) is 24.3 Å². The van der Waals surface area contributed by atoms with Crippen LogP contribution < -0.4 is 0 Å². The monoisotopic (exact) mass is 236 g/mol. The van der Waals surface area contributed by atoms with Gasteiger partial charge in [0.2, 0.25) is 0 Å². The van der Waals surface area contributed by atoms with Gasteiger partial charge in [-0.05, 0) is 12.1 Å². The Labute approximate surface area is 95.4 Å². The van der Waals surface area contributed by atoms with Crippen LogP contribution in [-0.4, -0.2) is 33.0 Å². The van der Waals surface area contributed by atoms with Crippen LogP contribution in [0.1, 0.15) is 15.9 Å². The Balaban J connectivity index is 2.97. The summed E-state index contributed by atoms with van der Waals surface area (Å²) in [6.07, 6.45) is 0.554. The normalized spacial score (nSPS) is 10.9. The summed E-state index contributed by atoms with van der Waals surface area (Å²) in [4.78, 5) is 31.5. The van der Waals surface area contributed by atoms with Crippen LogP contribution in [0.25, 0.3) is 5.76 Å². The summed E-state index contributed by atoms with van der Waals surface area (Å²) in [6.45, 7) is 0. The average molecular weight is 236 g/mol. The van der Waals surface area contributed by atoms with Gasteiger partial charge in [0.25, 0.3) is 5.78 Å². The van der Waals surface area contributed by atoms with Crippen LogP contribution in [0.2, 0.25) is 0 Å². The molecule has 0 saturated carbocycles. The lowest BCUT2D eigenvalue weighted by Crippen LogP contribution is -2.09. The third-order valence-electron chi connectivity index (χ3n) is 1.91. The zero-order valence-electron chi connectivity index (χ0n) is 8.45. The highest BCUT2D eigenvalue weighted by Crippen LogP contribution is 2.12. The zero-order valence-corrected chi connectivity index (χ0v) is 8.45. The van der Waals surface area contributed by atoms with Crippen LogP contribution >= 0.6 is 0 Å². The molecule has 0 bridgehead atoms. The van der Waals surface area contributed by atoms with Crippen molar-refractivity contribution in [3.63, 3.8) is 0 Å². The first kappa shape index (κ1) is 12.4. The summed E-state index contributed by atoms with van der Waals surface area (Å²) in [5.41, 5.74) is 0.177. The van der Waals surface area contributed by atoms with Gasteiger partial charge in [-0.15, -0.1) is 0 Å². The molecule has 1 rings (SSSR count). The molecule has 0 aliphatic heterocycles. The highest BCUT2D eigenvalue weighted by Gasteiger charge is 2.11. The molecule has 1 aromatic rings. The van der Waals surface area contributed by atoms with Gasteiger partial charge < -0.3 is 15.3 Å². The van der Waals surface area contributed by atoms with Crippen molar-refractivity contribution in [2.75, 3.05) is 0 Å². The van der Waals surface area contributed by atoms with Crippen molar-refractivity contribution in [2.45, 2.75) is 0 Å². The maximum atomic E-state index is 10.8. The van der Waals surface area contributed by atoms with E-state index in [0.717, 1.165) is 0 Å². The standard InChI is InChI=1S/C11H8O6/c12-8(5-9(13)11(16)17)6-1-3-7(4-2-6)10(14)15/h1-5,12H,(H,14,15)(H,16,17)/b8-5-. The van der Waals surface area contributed by atoms with Crippen LogP contribution in [0.15, 0.2) is 30.3 Å². The minimum atomic E-state index is -1.68. The van der Waals surface area contributed by atoms with Crippen LogP contribution in [0, 0.1) is 0 Å². The van der Waals surface area contributed by atoms with Gasteiger partial charge in [-0.25, -0.2) is 9.59 Å². The molecule has 0 radical (unpaired) electrons. The lowest BCUT2D eigenvalue weighted by atomic mass is 10.1. The molecule has 88 valence electrons. The number of aromatic carboxylic acids is 1. The summed E-state index contributed by atoms with van der Waals surface area (Å²) in [5, 5.41) is 26.3. The van der Waals surface area contributed by atoms with Crippen molar-refractivity contribution in [1.82, 2.24) is 0 Å². The van der Waals surface area contributed by atoms with Crippen molar-refractivity contribution in [2.24, 2.45) is 0 Å². The van der Waals surface area contributed by atoms with Gasteiger partial charge in [0.1, 0.15) is 5.76 Å². The molecule has 6 heteroatoms. The second-order valence-electron chi connectivity index (χ2n) is 3.08. The number of aliphatic hydroxyl groups is 1. The van der Waals surface area contributed by atoms with Gasteiger partial charge in [-0.1, -0.05) is 12.1 Å². The zero-order chi connectivity index (χ0) is 13.0. The summed E-state index contributed by atoms with van der Waals surface area (Å²) in [5.74, 6) is -4.60. The Morgan fingerprint density at radius 2 is 1.35 bits per heavy atom. The molecule has 0 atom stereocenters. The van der Waals surface area contributed by atoms with Gasteiger partial charge in [0, 0.05) is 11.6 Å². The molecule has 0 saturated heterocycles. The SMILES string of the molecule is O=C(O)C(=O)/C=C(\O)c1ccc(C(=O)O)cc1. The summed E-state index contributed by atoms with van der Waals surface area (Å²) < 4.78 is 0. The van der Waals surface area contributed by atoms with Crippen molar-refractivity contribution in [1.29, 1.82) is 0 Å².